The summed E-state index contributed by atoms with van der Waals surface area (Å²) in [5.41, 5.74) is 14.9. The summed E-state index contributed by atoms with van der Waals surface area (Å²) in [5.74, 6) is -0.791. The van der Waals surface area contributed by atoms with Gasteiger partial charge in [-0.2, -0.15) is 0 Å². The predicted molar refractivity (Wildman–Crippen MR) is 50.5 cm³/mol. The van der Waals surface area contributed by atoms with E-state index in [4.69, 9.17) is 21.2 Å². The highest BCUT2D eigenvalue weighted by atomic mass is 79.9. The van der Waals surface area contributed by atoms with Crippen molar-refractivity contribution in [3.05, 3.63) is 16.3 Å². The standard InChI is InChI=1S/C5H7BrN3O3P/c6-3-1-2(4(7)10)5(12-3)13(8,9)11/h1H,(H2,7,10)(H4,8,9,11). The normalized spacial score (nSPS) is 11.6. The van der Waals surface area contributed by atoms with E-state index in [9.17, 15) is 9.36 Å². The van der Waals surface area contributed by atoms with Crippen LogP contribution in [-0.4, -0.2) is 5.91 Å². The van der Waals surface area contributed by atoms with Crippen molar-refractivity contribution in [3.8, 4) is 0 Å². The largest absolute Gasteiger partial charge is 0.443 e. The average Bonchev–Trinajstić information content (AvgIpc) is 2.29. The van der Waals surface area contributed by atoms with E-state index in [2.05, 4.69) is 15.9 Å². The maximum absolute atomic E-state index is 11.2. The molecule has 13 heavy (non-hydrogen) atoms. The summed E-state index contributed by atoms with van der Waals surface area (Å²) in [5, 5.41) is 0. The lowest BCUT2D eigenvalue weighted by Crippen LogP contribution is -2.25. The Morgan fingerprint density at radius 1 is 1.54 bits per heavy atom. The van der Waals surface area contributed by atoms with Crippen LogP contribution in [0.25, 0.3) is 0 Å². The Labute approximate surface area is 82.0 Å². The second-order valence-corrected chi connectivity index (χ2v) is 4.95. The number of furan rings is 1. The molecule has 0 unspecified atom stereocenters. The summed E-state index contributed by atoms with van der Waals surface area (Å²) in [6.07, 6.45) is 0. The van der Waals surface area contributed by atoms with Crippen molar-refractivity contribution in [2.45, 2.75) is 0 Å². The van der Waals surface area contributed by atoms with Crippen LogP contribution in [0.15, 0.2) is 15.2 Å². The quantitative estimate of drug-likeness (QED) is 0.644. The number of rotatable bonds is 2. The Kier molecular flexibility index (Phi) is 2.63. The van der Waals surface area contributed by atoms with E-state index in [1.165, 1.54) is 6.07 Å². The number of carbonyl (C=O) groups is 1. The summed E-state index contributed by atoms with van der Waals surface area (Å²) < 4.78 is 16.2. The average molecular weight is 268 g/mol. The summed E-state index contributed by atoms with van der Waals surface area (Å²) in [7, 11) is -3.59. The van der Waals surface area contributed by atoms with Crippen molar-refractivity contribution >= 4 is 34.8 Å². The third-order valence-electron chi connectivity index (χ3n) is 1.27. The van der Waals surface area contributed by atoms with Gasteiger partial charge in [-0.05, 0) is 15.9 Å². The lowest BCUT2D eigenvalue weighted by molar-refractivity contribution is 0.100. The van der Waals surface area contributed by atoms with E-state index in [-0.39, 0.29) is 15.7 Å². The van der Waals surface area contributed by atoms with Crippen LogP contribution in [0.4, 0.5) is 0 Å². The van der Waals surface area contributed by atoms with Gasteiger partial charge in [0, 0.05) is 6.07 Å². The fraction of sp³-hybridized carbons (Fsp3) is 0. The van der Waals surface area contributed by atoms with Crippen molar-refractivity contribution in [1.29, 1.82) is 0 Å². The van der Waals surface area contributed by atoms with Crippen LogP contribution in [0, 0.1) is 0 Å². The van der Waals surface area contributed by atoms with Gasteiger partial charge in [0.1, 0.15) is 0 Å². The molecule has 1 aromatic rings. The van der Waals surface area contributed by atoms with Gasteiger partial charge in [0.2, 0.25) is 5.50 Å². The predicted octanol–water partition coefficient (Wildman–Crippen LogP) is -0.123. The Bertz CT molecular complexity index is 396. The summed E-state index contributed by atoms with van der Waals surface area (Å²) in [4.78, 5) is 10.8. The molecule has 0 spiro atoms. The maximum atomic E-state index is 11.2. The molecule has 6 nitrogen and oxygen atoms in total. The van der Waals surface area contributed by atoms with Gasteiger partial charge < -0.3 is 10.2 Å². The lowest BCUT2D eigenvalue weighted by atomic mass is 10.3. The smallest absolute Gasteiger partial charge is 0.270 e. The maximum Gasteiger partial charge on any atom is 0.270 e. The molecule has 6 N–H and O–H groups in total. The van der Waals surface area contributed by atoms with Crippen LogP contribution in [-0.2, 0) is 4.57 Å². The molecule has 0 atom stereocenters. The molecule has 0 aliphatic carbocycles. The molecule has 1 aromatic heterocycles. The SMILES string of the molecule is NC(=O)c1cc(Br)oc1P(N)(N)=O. The van der Waals surface area contributed by atoms with Gasteiger partial charge in [-0.1, -0.05) is 0 Å². The Hall–Kier alpha value is -0.620. The van der Waals surface area contributed by atoms with Gasteiger partial charge >= 0.3 is 0 Å². The van der Waals surface area contributed by atoms with E-state index in [1.54, 1.807) is 0 Å². The molecular formula is C5H7BrN3O3P. The third-order valence-corrected chi connectivity index (χ3v) is 2.62. The first kappa shape index (κ1) is 10.5. The molecule has 1 heterocycles. The summed E-state index contributed by atoms with van der Waals surface area (Å²) in [6, 6.07) is 1.27. The van der Waals surface area contributed by atoms with Crippen molar-refractivity contribution in [2.24, 2.45) is 16.7 Å². The fourth-order valence-corrected chi connectivity index (χ4v) is 2.10. The number of amides is 1. The molecule has 0 fully saturated rings. The molecule has 0 radical (unpaired) electrons. The van der Waals surface area contributed by atoms with Crippen LogP contribution in [0.1, 0.15) is 10.4 Å². The summed E-state index contributed by atoms with van der Waals surface area (Å²) >= 11 is 2.94. The third kappa shape index (κ3) is 2.19. The lowest BCUT2D eigenvalue weighted by Gasteiger charge is -2.02. The van der Waals surface area contributed by atoms with Crippen molar-refractivity contribution in [2.75, 3.05) is 0 Å². The van der Waals surface area contributed by atoms with Crippen molar-refractivity contribution < 1.29 is 13.8 Å². The molecule has 0 saturated heterocycles. The number of hydrogen-bond acceptors (Lipinski definition) is 3. The molecule has 0 bridgehead atoms. The number of carbonyl (C=O) groups excluding carboxylic acids is 1. The molecule has 0 aliphatic rings. The van der Waals surface area contributed by atoms with Gasteiger partial charge in [-0.15, -0.1) is 0 Å². The van der Waals surface area contributed by atoms with E-state index in [0.29, 0.717) is 0 Å². The van der Waals surface area contributed by atoms with Crippen LogP contribution in [0.3, 0.4) is 0 Å². The highest BCUT2D eigenvalue weighted by Crippen LogP contribution is 2.29. The first-order valence-corrected chi connectivity index (χ1v) is 5.73. The monoisotopic (exact) mass is 267 g/mol. The van der Waals surface area contributed by atoms with Gasteiger partial charge in [0.15, 0.2) is 4.67 Å². The van der Waals surface area contributed by atoms with E-state index in [0.717, 1.165) is 0 Å². The second kappa shape index (κ2) is 3.26. The van der Waals surface area contributed by atoms with Gasteiger partial charge in [-0.25, -0.2) is 0 Å². The summed E-state index contributed by atoms with van der Waals surface area (Å²) in [6.45, 7) is 0. The van der Waals surface area contributed by atoms with E-state index >= 15 is 0 Å². The molecular weight excluding hydrogens is 261 g/mol. The molecule has 8 heteroatoms. The first-order valence-electron chi connectivity index (χ1n) is 3.09. The van der Waals surface area contributed by atoms with Gasteiger partial charge in [0.25, 0.3) is 13.4 Å². The van der Waals surface area contributed by atoms with Crippen molar-refractivity contribution in [3.63, 3.8) is 0 Å². The molecule has 0 aromatic carbocycles. The number of primary amides is 1. The van der Waals surface area contributed by atoms with Crippen molar-refractivity contribution in [1.82, 2.24) is 0 Å². The minimum atomic E-state index is -3.59. The van der Waals surface area contributed by atoms with Gasteiger partial charge in [-0.3, -0.25) is 20.4 Å². The minimum Gasteiger partial charge on any atom is -0.443 e. The topological polar surface area (TPSA) is 125 Å². The number of hydrogen-bond donors (Lipinski definition) is 3. The van der Waals surface area contributed by atoms with Crippen LogP contribution < -0.4 is 22.2 Å². The van der Waals surface area contributed by atoms with Crippen LogP contribution in [0.5, 0.6) is 0 Å². The molecule has 1 amide bonds. The Morgan fingerprint density at radius 2 is 2.08 bits per heavy atom. The Morgan fingerprint density at radius 3 is 2.38 bits per heavy atom. The first-order chi connectivity index (χ1) is 5.82. The number of nitrogens with two attached hydrogens (primary N) is 3. The molecule has 1 rings (SSSR count). The fourth-order valence-electron chi connectivity index (χ4n) is 0.788. The molecule has 72 valence electrons. The van der Waals surface area contributed by atoms with Crippen LogP contribution in [0.2, 0.25) is 0 Å². The second-order valence-electron chi connectivity index (χ2n) is 2.34. The van der Waals surface area contributed by atoms with E-state index in [1.807, 2.05) is 0 Å². The minimum absolute atomic E-state index is 0.0693. The Balaban J connectivity index is 3.36. The number of halogens is 1. The van der Waals surface area contributed by atoms with Crippen LogP contribution >= 0.6 is 23.4 Å². The zero-order valence-electron chi connectivity index (χ0n) is 6.36. The highest BCUT2D eigenvalue weighted by molar-refractivity contribution is 9.10. The zero-order chi connectivity index (χ0) is 10.2. The van der Waals surface area contributed by atoms with E-state index < -0.39 is 13.4 Å². The molecule has 0 aliphatic heterocycles. The zero-order valence-corrected chi connectivity index (χ0v) is 8.84. The molecule has 0 saturated carbocycles. The van der Waals surface area contributed by atoms with Gasteiger partial charge in [0.05, 0.1) is 5.56 Å². The highest BCUT2D eigenvalue weighted by Gasteiger charge is 2.26.